The van der Waals surface area contributed by atoms with Crippen LogP contribution in [0.5, 0.6) is 11.5 Å². The highest BCUT2D eigenvalue weighted by Gasteiger charge is 2.15. The monoisotopic (exact) mass is 481 g/mol. The second-order valence-electron chi connectivity index (χ2n) is 8.82. The van der Waals surface area contributed by atoms with Crippen molar-refractivity contribution in [3.05, 3.63) is 64.7 Å². The van der Waals surface area contributed by atoms with Crippen LogP contribution in [0.1, 0.15) is 33.3 Å². The van der Waals surface area contributed by atoms with Gasteiger partial charge in [-0.25, -0.2) is 9.97 Å². The van der Waals surface area contributed by atoms with Crippen LogP contribution in [0.2, 0.25) is 0 Å². The molecule has 172 valence electrons. The molecule has 2 aromatic carbocycles. The summed E-state index contributed by atoms with van der Waals surface area (Å²) in [4.78, 5) is 22.2. The molecule has 0 aliphatic rings. The number of ether oxygens (including phenoxy) is 2. The molecule has 0 fully saturated rings. The van der Waals surface area contributed by atoms with Crippen molar-refractivity contribution < 1.29 is 9.47 Å². The summed E-state index contributed by atoms with van der Waals surface area (Å²) in [6.45, 7) is 9.14. The van der Waals surface area contributed by atoms with Crippen LogP contribution in [0.3, 0.4) is 0 Å². The quantitative estimate of drug-likeness (QED) is 0.323. The summed E-state index contributed by atoms with van der Waals surface area (Å²) in [6, 6.07) is 11.6. The lowest BCUT2D eigenvalue weighted by atomic mass is 9.98. The molecular formula is C25H27N3O3S2. The topological polar surface area (TPSA) is 66.2 Å². The fraction of sp³-hybridized carbons (Fsp3) is 0.320. The first kappa shape index (κ1) is 23.3. The lowest BCUT2D eigenvalue weighted by molar-refractivity contribution is 0.196. The van der Waals surface area contributed by atoms with E-state index >= 15 is 0 Å². The molecule has 4 rings (SSSR count). The van der Waals surface area contributed by atoms with Crippen molar-refractivity contribution in [1.82, 2.24) is 14.5 Å². The molecule has 8 heteroatoms. The molecule has 0 aliphatic heterocycles. The van der Waals surface area contributed by atoms with E-state index in [4.69, 9.17) is 9.47 Å². The number of aryl methyl sites for hydroxylation is 1. The van der Waals surface area contributed by atoms with E-state index in [1.54, 1.807) is 24.1 Å². The lowest BCUT2D eigenvalue weighted by Crippen LogP contribution is -2.21. The molecule has 0 atom stereocenters. The molecule has 33 heavy (non-hydrogen) atoms. The Kier molecular flexibility index (Phi) is 6.76. The molecule has 0 N–H and O–H groups in total. The molecule has 2 aromatic heterocycles. The SMILES string of the molecule is CCc1cc(-n2ccnc(Sc3nc4cc(OC)ccc4s3)c2=O)ccc1OCC(C)(C)C. The van der Waals surface area contributed by atoms with Crippen molar-refractivity contribution in [3.8, 4) is 17.2 Å². The molecule has 0 aliphatic carbocycles. The van der Waals surface area contributed by atoms with E-state index in [2.05, 4.69) is 37.7 Å². The second kappa shape index (κ2) is 9.57. The molecular weight excluding hydrogens is 454 g/mol. The van der Waals surface area contributed by atoms with Crippen LogP contribution in [0, 0.1) is 5.41 Å². The molecule has 2 heterocycles. The standard InChI is InChI=1S/C25H27N3O3S2/c1-6-16-13-17(7-9-20(16)31-15-25(2,3)4)28-12-11-26-22(23(28)29)33-24-27-19-14-18(30-5)8-10-21(19)32-24/h7-14H,6,15H2,1-5H3. The fourth-order valence-corrected chi connectivity index (χ4v) is 5.19. The predicted octanol–water partition coefficient (Wildman–Crippen LogP) is 5.99. The van der Waals surface area contributed by atoms with E-state index in [0.717, 1.165) is 43.7 Å². The van der Waals surface area contributed by atoms with Crippen molar-refractivity contribution in [2.24, 2.45) is 5.41 Å². The van der Waals surface area contributed by atoms with Gasteiger partial charge in [-0.15, -0.1) is 11.3 Å². The van der Waals surface area contributed by atoms with Gasteiger partial charge >= 0.3 is 0 Å². The number of benzene rings is 2. The fourth-order valence-electron chi connectivity index (χ4n) is 3.23. The zero-order valence-electron chi connectivity index (χ0n) is 19.4. The van der Waals surface area contributed by atoms with Crippen LogP contribution in [0.4, 0.5) is 0 Å². The van der Waals surface area contributed by atoms with Gasteiger partial charge in [-0.2, -0.15) is 0 Å². The molecule has 0 spiro atoms. The van der Waals surface area contributed by atoms with Crippen LogP contribution in [-0.4, -0.2) is 28.3 Å². The number of hydrogen-bond acceptors (Lipinski definition) is 7. The molecule has 0 saturated heterocycles. The van der Waals surface area contributed by atoms with Crippen molar-refractivity contribution >= 4 is 33.3 Å². The normalized spacial score (nSPS) is 11.7. The molecule has 0 amide bonds. The summed E-state index contributed by atoms with van der Waals surface area (Å²) in [7, 11) is 1.63. The van der Waals surface area contributed by atoms with Gasteiger partial charge in [-0.1, -0.05) is 27.7 Å². The van der Waals surface area contributed by atoms with Gasteiger partial charge in [0.05, 0.1) is 23.9 Å². The van der Waals surface area contributed by atoms with Gasteiger partial charge in [-0.3, -0.25) is 9.36 Å². The number of thiazole rings is 1. The van der Waals surface area contributed by atoms with Gasteiger partial charge < -0.3 is 9.47 Å². The maximum absolute atomic E-state index is 13.2. The van der Waals surface area contributed by atoms with Gasteiger partial charge in [-0.05, 0) is 59.5 Å². The number of nitrogens with zero attached hydrogens (tertiary/aromatic N) is 3. The highest BCUT2D eigenvalue weighted by atomic mass is 32.2. The predicted molar refractivity (Wildman–Crippen MR) is 134 cm³/mol. The molecule has 0 unspecified atom stereocenters. The van der Waals surface area contributed by atoms with E-state index in [0.29, 0.717) is 11.6 Å². The minimum Gasteiger partial charge on any atom is -0.497 e. The highest BCUT2D eigenvalue weighted by molar-refractivity contribution is 8.01. The van der Waals surface area contributed by atoms with Gasteiger partial charge in [0.25, 0.3) is 5.56 Å². The first-order valence-electron chi connectivity index (χ1n) is 10.7. The minimum absolute atomic E-state index is 0.0730. The number of methoxy groups -OCH3 is 1. The van der Waals surface area contributed by atoms with Gasteiger partial charge in [0, 0.05) is 24.1 Å². The van der Waals surface area contributed by atoms with E-state index in [9.17, 15) is 4.79 Å². The smallest absolute Gasteiger partial charge is 0.288 e. The molecule has 4 aromatic rings. The first-order chi connectivity index (χ1) is 15.8. The van der Waals surface area contributed by atoms with E-state index in [1.165, 1.54) is 23.1 Å². The van der Waals surface area contributed by atoms with Crippen molar-refractivity contribution in [1.29, 1.82) is 0 Å². The second-order valence-corrected chi connectivity index (χ2v) is 11.1. The Morgan fingerprint density at radius 1 is 1.15 bits per heavy atom. The number of aromatic nitrogens is 3. The Labute approximate surface area is 201 Å². The Morgan fingerprint density at radius 3 is 2.70 bits per heavy atom. The third-order valence-electron chi connectivity index (χ3n) is 4.93. The average molecular weight is 482 g/mol. The van der Waals surface area contributed by atoms with Gasteiger partial charge in [0.1, 0.15) is 11.5 Å². The number of fused-ring (bicyclic) bond motifs is 1. The first-order valence-corrected chi connectivity index (χ1v) is 12.4. The van der Waals surface area contributed by atoms with Crippen LogP contribution >= 0.6 is 23.1 Å². The minimum atomic E-state index is -0.176. The van der Waals surface area contributed by atoms with Crippen molar-refractivity contribution in [2.75, 3.05) is 13.7 Å². The summed E-state index contributed by atoms with van der Waals surface area (Å²) in [5.41, 5.74) is 2.60. The average Bonchev–Trinajstić information content (AvgIpc) is 3.20. The Balaban J connectivity index is 1.62. The summed E-state index contributed by atoms with van der Waals surface area (Å²) >= 11 is 2.81. The molecule has 0 saturated carbocycles. The molecule has 0 radical (unpaired) electrons. The lowest BCUT2D eigenvalue weighted by Gasteiger charge is -2.20. The Hall–Kier alpha value is -2.84. The van der Waals surface area contributed by atoms with Crippen LogP contribution in [0.15, 0.2) is 63.0 Å². The molecule has 6 nitrogen and oxygen atoms in total. The maximum atomic E-state index is 13.2. The maximum Gasteiger partial charge on any atom is 0.288 e. The van der Waals surface area contributed by atoms with Gasteiger partial charge in [0.15, 0.2) is 9.37 Å². The zero-order valence-corrected chi connectivity index (χ0v) is 21.0. The van der Waals surface area contributed by atoms with Crippen LogP contribution in [0.25, 0.3) is 15.9 Å². The number of rotatable bonds is 7. The third kappa shape index (κ3) is 5.39. The van der Waals surface area contributed by atoms with Gasteiger partial charge in [0.2, 0.25) is 0 Å². The summed E-state index contributed by atoms with van der Waals surface area (Å²) in [5, 5.41) is 0.384. The summed E-state index contributed by atoms with van der Waals surface area (Å²) in [6.07, 6.45) is 4.15. The van der Waals surface area contributed by atoms with Crippen molar-refractivity contribution in [3.63, 3.8) is 0 Å². The molecule has 0 bridgehead atoms. The highest BCUT2D eigenvalue weighted by Crippen LogP contribution is 2.34. The summed E-state index contributed by atoms with van der Waals surface area (Å²) in [5.74, 6) is 1.61. The number of hydrogen-bond donors (Lipinski definition) is 0. The zero-order chi connectivity index (χ0) is 23.6. The van der Waals surface area contributed by atoms with Crippen LogP contribution < -0.4 is 15.0 Å². The summed E-state index contributed by atoms with van der Waals surface area (Å²) < 4.78 is 14.7. The largest absolute Gasteiger partial charge is 0.497 e. The Bertz CT molecular complexity index is 1340. The van der Waals surface area contributed by atoms with E-state index < -0.39 is 0 Å². The van der Waals surface area contributed by atoms with Crippen LogP contribution in [-0.2, 0) is 6.42 Å². The van der Waals surface area contributed by atoms with E-state index in [1.807, 2.05) is 36.4 Å². The van der Waals surface area contributed by atoms with Crippen molar-refractivity contribution in [2.45, 2.75) is 43.5 Å². The third-order valence-corrected chi connectivity index (χ3v) is 7.00. The van der Waals surface area contributed by atoms with E-state index in [-0.39, 0.29) is 11.0 Å². The Morgan fingerprint density at radius 2 is 1.97 bits per heavy atom.